The molecule has 0 spiro atoms. The first-order chi connectivity index (χ1) is 5.24. The zero-order valence-corrected chi connectivity index (χ0v) is 6.20. The summed E-state index contributed by atoms with van der Waals surface area (Å²) in [5, 5.41) is 2.49. The van der Waals surface area contributed by atoms with Gasteiger partial charge in [-0.15, -0.1) is 0 Å². The fourth-order valence-electron chi connectivity index (χ4n) is 0.726. The van der Waals surface area contributed by atoms with Crippen LogP contribution in [0.2, 0.25) is 0 Å². The number of aliphatic imine (C=N–C) groups is 1. The lowest BCUT2D eigenvalue weighted by molar-refractivity contribution is 0.103. The number of hydrogen-bond acceptors (Lipinski definition) is 4. The number of methoxy groups -OCH3 is 1. The van der Waals surface area contributed by atoms with E-state index in [4.69, 9.17) is 10.5 Å². The van der Waals surface area contributed by atoms with Crippen molar-refractivity contribution in [2.75, 3.05) is 20.5 Å². The molecule has 1 aliphatic rings. The third-order valence-electron chi connectivity index (χ3n) is 1.25. The van der Waals surface area contributed by atoms with E-state index in [0.29, 0.717) is 13.4 Å². The largest absolute Gasteiger partial charge is 0.369 e. The zero-order chi connectivity index (χ0) is 8.27. The number of hydrogen-bond donors (Lipinski definition) is 2. The summed E-state index contributed by atoms with van der Waals surface area (Å²) in [4.78, 5) is 15.6. The molecule has 0 aromatic rings. The maximum absolute atomic E-state index is 10.6. The van der Waals surface area contributed by atoms with Crippen molar-refractivity contribution < 1.29 is 9.53 Å². The van der Waals surface area contributed by atoms with Crippen LogP contribution in [0.15, 0.2) is 4.99 Å². The first-order valence-corrected chi connectivity index (χ1v) is 3.10. The number of guanidine groups is 1. The molecule has 6 nitrogen and oxygen atoms in total. The van der Waals surface area contributed by atoms with Crippen LogP contribution in [0.5, 0.6) is 0 Å². The summed E-state index contributed by atoms with van der Waals surface area (Å²) in [7, 11) is 1.55. The second-order valence-corrected chi connectivity index (χ2v) is 2.07. The first kappa shape index (κ1) is 7.80. The molecule has 0 radical (unpaired) electrons. The predicted molar refractivity (Wildman–Crippen MR) is 38.7 cm³/mol. The van der Waals surface area contributed by atoms with Gasteiger partial charge >= 0.3 is 6.03 Å². The van der Waals surface area contributed by atoms with E-state index in [1.54, 1.807) is 12.0 Å². The molecule has 0 fully saturated rings. The zero-order valence-electron chi connectivity index (χ0n) is 6.20. The van der Waals surface area contributed by atoms with Gasteiger partial charge in [-0.05, 0) is 0 Å². The van der Waals surface area contributed by atoms with Crippen molar-refractivity contribution in [3.8, 4) is 0 Å². The molecule has 1 heterocycles. The fourth-order valence-corrected chi connectivity index (χ4v) is 0.726. The summed E-state index contributed by atoms with van der Waals surface area (Å²) in [6, 6.07) is -0.408. The molecule has 1 rings (SSSR count). The number of nitrogens with one attached hydrogen (secondary N) is 1. The van der Waals surface area contributed by atoms with Gasteiger partial charge in [0.15, 0.2) is 0 Å². The number of ether oxygens (including phenoxy) is 1. The van der Waals surface area contributed by atoms with Gasteiger partial charge in [0.25, 0.3) is 0 Å². The van der Waals surface area contributed by atoms with Crippen LogP contribution in [-0.2, 0) is 4.74 Å². The standard InChI is InChI=1S/C5H10N4O2/c1-11-3-9-2-7-5(10)8-4(9)6/h2-3H2,1H3,(H3,6,7,8,10). The molecule has 0 atom stereocenters. The predicted octanol–water partition coefficient (Wildman–Crippen LogP) is -1.11. The second-order valence-electron chi connectivity index (χ2n) is 2.07. The van der Waals surface area contributed by atoms with Crippen molar-refractivity contribution in [2.24, 2.45) is 10.7 Å². The van der Waals surface area contributed by atoms with E-state index < -0.39 is 6.03 Å². The smallest absolute Gasteiger partial charge is 0.345 e. The van der Waals surface area contributed by atoms with Gasteiger partial charge in [0.2, 0.25) is 5.96 Å². The molecule has 62 valence electrons. The van der Waals surface area contributed by atoms with E-state index >= 15 is 0 Å². The topological polar surface area (TPSA) is 80.0 Å². The molecule has 0 saturated heterocycles. The first-order valence-electron chi connectivity index (χ1n) is 3.10. The SMILES string of the molecule is COCN1CNC(=O)N=C1N. The van der Waals surface area contributed by atoms with Gasteiger partial charge in [0.1, 0.15) is 6.73 Å². The van der Waals surface area contributed by atoms with Crippen molar-refractivity contribution in [1.29, 1.82) is 0 Å². The molecule has 0 saturated carbocycles. The highest BCUT2D eigenvalue weighted by molar-refractivity contribution is 5.93. The Balaban J connectivity index is 2.57. The lowest BCUT2D eigenvalue weighted by atomic mass is 10.6. The average Bonchev–Trinajstić information content (AvgIpc) is 1.95. The van der Waals surface area contributed by atoms with Crippen LogP contribution >= 0.6 is 0 Å². The van der Waals surface area contributed by atoms with Crippen LogP contribution < -0.4 is 11.1 Å². The molecule has 2 amide bonds. The third kappa shape index (κ3) is 1.81. The lowest BCUT2D eigenvalue weighted by Gasteiger charge is -2.25. The molecule has 1 aliphatic heterocycles. The van der Waals surface area contributed by atoms with Gasteiger partial charge in [-0.25, -0.2) is 4.79 Å². The summed E-state index contributed by atoms with van der Waals surface area (Å²) in [6.45, 7) is 0.678. The summed E-state index contributed by atoms with van der Waals surface area (Å²) in [5.74, 6) is 0.190. The van der Waals surface area contributed by atoms with Crippen LogP contribution in [0.3, 0.4) is 0 Å². The molecule has 6 heteroatoms. The van der Waals surface area contributed by atoms with Crippen molar-refractivity contribution in [3.05, 3.63) is 0 Å². The molecule has 0 aromatic heterocycles. The number of nitrogens with two attached hydrogens (primary N) is 1. The Bertz CT molecular complexity index is 191. The molecule has 0 unspecified atom stereocenters. The van der Waals surface area contributed by atoms with Crippen LogP contribution in [0, 0.1) is 0 Å². The molecule has 0 aromatic carbocycles. The van der Waals surface area contributed by atoms with Crippen LogP contribution in [0.4, 0.5) is 4.79 Å². The van der Waals surface area contributed by atoms with Crippen molar-refractivity contribution in [1.82, 2.24) is 10.2 Å². The van der Waals surface area contributed by atoms with Gasteiger partial charge in [0.05, 0.1) is 6.67 Å². The Morgan fingerprint density at radius 2 is 2.64 bits per heavy atom. The van der Waals surface area contributed by atoms with Gasteiger partial charge in [-0.1, -0.05) is 0 Å². The van der Waals surface area contributed by atoms with E-state index in [-0.39, 0.29) is 5.96 Å². The number of urea groups is 1. The summed E-state index contributed by atoms with van der Waals surface area (Å²) in [6.07, 6.45) is 0. The number of carbonyl (C=O) groups is 1. The Labute approximate surface area is 64.0 Å². The highest BCUT2D eigenvalue weighted by Crippen LogP contribution is 1.92. The van der Waals surface area contributed by atoms with E-state index in [2.05, 4.69) is 10.3 Å². The lowest BCUT2D eigenvalue weighted by Crippen LogP contribution is -2.49. The third-order valence-corrected chi connectivity index (χ3v) is 1.25. The Kier molecular flexibility index (Phi) is 2.27. The van der Waals surface area contributed by atoms with Gasteiger partial charge in [0, 0.05) is 7.11 Å². The molecular weight excluding hydrogens is 148 g/mol. The van der Waals surface area contributed by atoms with E-state index in [1.807, 2.05) is 0 Å². The minimum absolute atomic E-state index is 0.190. The van der Waals surface area contributed by atoms with Crippen LogP contribution in [0.1, 0.15) is 0 Å². The normalized spacial score (nSPS) is 17.7. The van der Waals surface area contributed by atoms with Crippen LogP contribution in [-0.4, -0.2) is 37.4 Å². The summed E-state index contributed by atoms with van der Waals surface area (Å²) in [5.41, 5.74) is 5.39. The Morgan fingerprint density at radius 1 is 1.91 bits per heavy atom. The minimum atomic E-state index is -0.408. The molecule has 0 bridgehead atoms. The highest BCUT2D eigenvalue weighted by atomic mass is 16.5. The summed E-state index contributed by atoms with van der Waals surface area (Å²) < 4.78 is 4.80. The van der Waals surface area contributed by atoms with Gasteiger partial charge < -0.3 is 20.7 Å². The van der Waals surface area contributed by atoms with E-state index in [1.165, 1.54) is 0 Å². The maximum Gasteiger partial charge on any atom is 0.345 e. The Hall–Kier alpha value is -1.30. The second kappa shape index (κ2) is 3.20. The number of amides is 2. The quantitative estimate of drug-likeness (QED) is 0.534. The van der Waals surface area contributed by atoms with Gasteiger partial charge in [-0.3, -0.25) is 0 Å². The number of nitrogens with zero attached hydrogens (tertiary/aromatic N) is 2. The summed E-state index contributed by atoms with van der Waals surface area (Å²) >= 11 is 0. The average molecular weight is 158 g/mol. The minimum Gasteiger partial charge on any atom is -0.369 e. The molecule has 3 N–H and O–H groups in total. The monoisotopic (exact) mass is 158 g/mol. The number of rotatable bonds is 2. The van der Waals surface area contributed by atoms with Crippen molar-refractivity contribution >= 4 is 12.0 Å². The van der Waals surface area contributed by atoms with E-state index in [9.17, 15) is 4.79 Å². The highest BCUT2D eigenvalue weighted by Gasteiger charge is 2.14. The Morgan fingerprint density at radius 3 is 3.18 bits per heavy atom. The molecule has 0 aliphatic carbocycles. The molecule has 11 heavy (non-hydrogen) atoms. The van der Waals surface area contributed by atoms with Crippen molar-refractivity contribution in [3.63, 3.8) is 0 Å². The van der Waals surface area contributed by atoms with Crippen LogP contribution in [0.25, 0.3) is 0 Å². The number of carbonyl (C=O) groups excluding carboxylic acids is 1. The van der Waals surface area contributed by atoms with E-state index in [0.717, 1.165) is 0 Å². The molecular formula is C5H10N4O2. The maximum atomic E-state index is 10.6. The van der Waals surface area contributed by atoms with Crippen molar-refractivity contribution in [2.45, 2.75) is 0 Å². The van der Waals surface area contributed by atoms with Gasteiger partial charge in [-0.2, -0.15) is 4.99 Å². The fraction of sp³-hybridized carbons (Fsp3) is 0.600.